The Kier molecular flexibility index (Phi) is 7.42. The van der Waals surface area contributed by atoms with E-state index in [1.165, 1.54) is 12.5 Å². The molecule has 0 aliphatic carbocycles. The number of H-pyrrole nitrogens is 1. The number of nitrogens with zero attached hydrogens (tertiary/aromatic N) is 2. The summed E-state index contributed by atoms with van der Waals surface area (Å²) >= 11 is 1.08. The molecule has 9 heteroatoms. The van der Waals surface area contributed by atoms with Crippen molar-refractivity contribution < 1.29 is 9.59 Å². The van der Waals surface area contributed by atoms with Crippen LogP contribution in [0.1, 0.15) is 37.8 Å². The summed E-state index contributed by atoms with van der Waals surface area (Å²) in [5.74, 6) is 0.0160. The lowest BCUT2D eigenvalue weighted by Gasteiger charge is -2.10. The SMILES string of the molecule is CC(=O)Nc1ccc(C)cc1-c1nnc(SCC(=O)Nc2ccc(C(C)C)cc2)[nH]c1=O. The summed E-state index contributed by atoms with van der Waals surface area (Å²) in [6, 6.07) is 13.0. The van der Waals surface area contributed by atoms with Gasteiger partial charge in [0.05, 0.1) is 11.4 Å². The predicted octanol–water partition coefficient (Wildman–Crippen LogP) is 3.95. The van der Waals surface area contributed by atoms with E-state index in [0.29, 0.717) is 22.9 Å². The first-order chi connectivity index (χ1) is 15.2. The van der Waals surface area contributed by atoms with Crippen LogP contribution >= 0.6 is 11.8 Å². The Morgan fingerprint density at radius 1 is 1.06 bits per heavy atom. The number of carbonyl (C=O) groups is 2. The van der Waals surface area contributed by atoms with E-state index in [2.05, 4.69) is 39.7 Å². The van der Waals surface area contributed by atoms with E-state index < -0.39 is 5.56 Å². The third kappa shape index (κ3) is 6.04. The molecule has 0 atom stereocenters. The molecule has 166 valence electrons. The molecule has 0 aliphatic heterocycles. The van der Waals surface area contributed by atoms with Crippen LogP contribution in [0.25, 0.3) is 11.3 Å². The van der Waals surface area contributed by atoms with Crippen LogP contribution < -0.4 is 16.2 Å². The minimum atomic E-state index is -0.454. The number of anilines is 2. The van der Waals surface area contributed by atoms with Gasteiger partial charge in [-0.3, -0.25) is 19.4 Å². The number of aromatic nitrogens is 3. The summed E-state index contributed by atoms with van der Waals surface area (Å²) < 4.78 is 0. The Morgan fingerprint density at radius 2 is 1.78 bits per heavy atom. The molecule has 32 heavy (non-hydrogen) atoms. The first-order valence-corrected chi connectivity index (χ1v) is 11.1. The van der Waals surface area contributed by atoms with Crippen LogP contribution in [0, 0.1) is 6.92 Å². The summed E-state index contributed by atoms with van der Waals surface area (Å²) in [6.07, 6.45) is 0. The molecular formula is C23H25N5O3S. The van der Waals surface area contributed by atoms with Crippen LogP contribution in [0.5, 0.6) is 0 Å². The molecule has 3 N–H and O–H groups in total. The molecule has 0 saturated carbocycles. The number of aryl methyl sites for hydroxylation is 1. The van der Waals surface area contributed by atoms with Gasteiger partial charge < -0.3 is 10.6 Å². The second kappa shape index (κ2) is 10.2. The molecule has 8 nitrogen and oxygen atoms in total. The molecule has 2 aromatic carbocycles. The first-order valence-electron chi connectivity index (χ1n) is 10.1. The Bertz CT molecular complexity index is 1190. The summed E-state index contributed by atoms with van der Waals surface area (Å²) in [6.45, 7) is 7.48. The number of rotatable bonds is 7. The quantitative estimate of drug-likeness (QED) is 0.468. The third-order valence-electron chi connectivity index (χ3n) is 4.62. The number of hydrogen-bond donors (Lipinski definition) is 3. The van der Waals surface area contributed by atoms with Crippen LogP contribution in [0.3, 0.4) is 0 Å². The van der Waals surface area contributed by atoms with Gasteiger partial charge in [0.25, 0.3) is 5.56 Å². The van der Waals surface area contributed by atoms with E-state index in [0.717, 1.165) is 17.3 Å². The number of carbonyl (C=O) groups excluding carboxylic acids is 2. The minimum absolute atomic E-state index is 0.0670. The van der Waals surface area contributed by atoms with Crippen molar-refractivity contribution in [2.75, 3.05) is 16.4 Å². The van der Waals surface area contributed by atoms with Crippen LogP contribution in [0.4, 0.5) is 11.4 Å². The van der Waals surface area contributed by atoms with Crippen molar-refractivity contribution in [3.8, 4) is 11.3 Å². The molecule has 0 spiro atoms. The number of hydrogen-bond acceptors (Lipinski definition) is 6. The molecular weight excluding hydrogens is 426 g/mol. The molecule has 3 aromatic rings. The standard InChI is InChI=1S/C23H25N5O3S/c1-13(2)16-6-8-17(9-7-16)25-20(30)12-32-23-26-22(31)21(27-28-23)18-11-14(3)5-10-19(18)24-15(4)29/h5-11,13H,12H2,1-4H3,(H,24,29)(H,25,30)(H,26,28,31). The van der Waals surface area contributed by atoms with E-state index in [1.54, 1.807) is 12.1 Å². The van der Waals surface area contributed by atoms with E-state index >= 15 is 0 Å². The van der Waals surface area contributed by atoms with Gasteiger partial charge in [-0.15, -0.1) is 10.2 Å². The van der Waals surface area contributed by atoms with Gasteiger partial charge in [-0.05, 0) is 42.7 Å². The Balaban J connectivity index is 1.68. The van der Waals surface area contributed by atoms with Crippen LogP contribution in [-0.4, -0.2) is 32.7 Å². The van der Waals surface area contributed by atoms with Gasteiger partial charge in [-0.25, -0.2) is 0 Å². The first kappa shape index (κ1) is 23.2. The molecule has 2 amide bonds. The molecule has 0 saturated heterocycles. The van der Waals surface area contributed by atoms with E-state index in [9.17, 15) is 14.4 Å². The molecule has 0 unspecified atom stereocenters. The number of thioether (sulfide) groups is 1. The number of benzene rings is 2. The molecule has 0 fully saturated rings. The fourth-order valence-electron chi connectivity index (χ4n) is 3.00. The van der Waals surface area contributed by atoms with Gasteiger partial charge in [0.1, 0.15) is 0 Å². The highest BCUT2D eigenvalue weighted by Crippen LogP contribution is 2.26. The van der Waals surface area contributed by atoms with Crippen molar-refractivity contribution in [3.05, 3.63) is 63.9 Å². The topological polar surface area (TPSA) is 117 Å². The Morgan fingerprint density at radius 3 is 2.41 bits per heavy atom. The largest absolute Gasteiger partial charge is 0.326 e. The summed E-state index contributed by atoms with van der Waals surface area (Å²) in [4.78, 5) is 39.0. The number of nitrogens with one attached hydrogen (secondary N) is 3. The lowest BCUT2D eigenvalue weighted by Crippen LogP contribution is -2.18. The third-order valence-corrected chi connectivity index (χ3v) is 5.48. The van der Waals surface area contributed by atoms with Crippen molar-refractivity contribution in [1.82, 2.24) is 15.2 Å². The zero-order valence-corrected chi connectivity index (χ0v) is 19.2. The molecule has 0 bridgehead atoms. The lowest BCUT2D eigenvalue weighted by atomic mass is 10.0. The van der Waals surface area contributed by atoms with Gasteiger partial charge in [0, 0.05) is 18.2 Å². The summed E-state index contributed by atoms with van der Waals surface area (Å²) in [5, 5.41) is 13.8. The summed E-state index contributed by atoms with van der Waals surface area (Å²) in [7, 11) is 0. The van der Waals surface area contributed by atoms with Crippen LogP contribution in [-0.2, 0) is 9.59 Å². The van der Waals surface area contributed by atoms with Crippen molar-refractivity contribution in [2.45, 2.75) is 38.8 Å². The maximum Gasteiger partial charge on any atom is 0.278 e. The highest BCUT2D eigenvalue weighted by Gasteiger charge is 2.14. The Labute approximate surface area is 190 Å². The van der Waals surface area contributed by atoms with Crippen molar-refractivity contribution >= 4 is 35.0 Å². The molecule has 1 aromatic heterocycles. The average Bonchev–Trinajstić information content (AvgIpc) is 2.74. The lowest BCUT2D eigenvalue weighted by molar-refractivity contribution is -0.114. The van der Waals surface area contributed by atoms with Crippen molar-refractivity contribution in [3.63, 3.8) is 0 Å². The van der Waals surface area contributed by atoms with E-state index in [4.69, 9.17) is 0 Å². The molecule has 3 rings (SSSR count). The van der Waals surface area contributed by atoms with Gasteiger partial charge in [-0.1, -0.05) is 49.4 Å². The van der Waals surface area contributed by atoms with Gasteiger partial charge in [0.2, 0.25) is 11.8 Å². The molecule has 0 aliphatic rings. The predicted molar refractivity (Wildman–Crippen MR) is 127 cm³/mol. The zero-order valence-electron chi connectivity index (χ0n) is 18.4. The monoisotopic (exact) mass is 451 g/mol. The van der Waals surface area contributed by atoms with E-state index in [1.807, 2.05) is 37.3 Å². The highest BCUT2D eigenvalue weighted by molar-refractivity contribution is 7.99. The number of aromatic amines is 1. The van der Waals surface area contributed by atoms with Crippen molar-refractivity contribution in [1.29, 1.82) is 0 Å². The molecule has 0 radical (unpaired) electrons. The number of amides is 2. The molecule has 1 heterocycles. The maximum atomic E-state index is 12.6. The smallest absolute Gasteiger partial charge is 0.278 e. The van der Waals surface area contributed by atoms with Gasteiger partial charge in [-0.2, -0.15) is 0 Å². The normalized spacial score (nSPS) is 10.8. The fourth-order valence-corrected chi connectivity index (χ4v) is 3.60. The Hall–Kier alpha value is -3.46. The fraction of sp³-hybridized carbons (Fsp3) is 0.261. The van der Waals surface area contributed by atoms with Gasteiger partial charge >= 0.3 is 0 Å². The zero-order chi connectivity index (χ0) is 23.3. The van der Waals surface area contributed by atoms with Gasteiger partial charge in [0.15, 0.2) is 10.9 Å². The highest BCUT2D eigenvalue weighted by atomic mass is 32.2. The van der Waals surface area contributed by atoms with Crippen molar-refractivity contribution in [2.24, 2.45) is 0 Å². The van der Waals surface area contributed by atoms with Crippen LogP contribution in [0.2, 0.25) is 0 Å². The van der Waals surface area contributed by atoms with Crippen LogP contribution in [0.15, 0.2) is 52.4 Å². The second-order valence-electron chi connectivity index (χ2n) is 7.65. The second-order valence-corrected chi connectivity index (χ2v) is 8.62. The van der Waals surface area contributed by atoms with E-state index in [-0.39, 0.29) is 28.4 Å². The maximum absolute atomic E-state index is 12.6. The average molecular weight is 452 g/mol. The summed E-state index contributed by atoms with van der Waals surface area (Å²) in [5.41, 5.74) is 3.41. The minimum Gasteiger partial charge on any atom is -0.326 e.